The summed E-state index contributed by atoms with van der Waals surface area (Å²) in [4.78, 5) is 35.5. The van der Waals surface area contributed by atoms with Crippen molar-refractivity contribution in [1.82, 2.24) is 10.6 Å². The van der Waals surface area contributed by atoms with Gasteiger partial charge in [0.25, 0.3) is 0 Å². The highest BCUT2D eigenvalue weighted by Gasteiger charge is 2.30. The summed E-state index contributed by atoms with van der Waals surface area (Å²) in [5.41, 5.74) is -2.22. The van der Waals surface area contributed by atoms with E-state index in [-0.39, 0.29) is 18.7 Å². The lowest BCUT2D eigenvalue weighted by molar-refractivity contribution is -0.306. The van der Waals surface area contributed by atoms with Crippen LogP contribution in [-0.2, 0) is 24.5 Å². The molecule has 0 aliphatic heterocycles. The molecule has 0 bridgehead atoms. The van der Waals surface area contributed by atoms with Gasteiger partial charge in [-0.1, -0.05) is 13.8 Å². The van der Waals surface area contributed by atoms with Crippen LogP contribution in [0.5, 0.6) is 0 Å². The number of carbonyl (C=O) groups excluding carboxylic acids is 3. The molecule has 0 aromatic heterocycles. The van der Waals surface area contributed by atoms with Gasteiger partial charge >= 0.3 is 0 Å². The molecular formula is C17H30N2O7S-2. The molecular weight excluding hydrogens is 376 g/mol. The second-order valence-electron chi connectivity index (χ2n) is 8.24. The van der Waals surface area contributed by atoms with Gasteiger partial charge in [-0.15, -0.1) is 0 Å². The van der Waals surface area contributed by atoms with Gasteiger partial charge < -0.3 is 25.1 Å². The molecule has 0 radical (unpaired) electrons. The van der Waals surface area contributed by atoms with E-state index in [4.69, 9.17) is 0 Å². The van der Waals surface area contributed by atoms with Crippen LogP contribution >= 0.6 is 0 Å². The fourth-order valence-corrected chi connectivity index (χ4v) is 3.72. The van der Waals surface area contributed by atoms with Crippen LogP contribution in [0.1, 0.15) is 60.8 Å². The van der Waals surface area contributed by atoms with Crippen LogP contribution in [0.2, 0.25) is 0 Å². The van der Waals surface area contributed by atoms with Crippen molar-refractivity contribution in [2.75, 3.05) is 5.75 Å². The van der Waals surface area contributed by atoms with Crippen molar-refractivity contribution in [3.8, 4) is 0 Å². The Labute approximate surface area is 161 Å². The van der Waals surface area contributed by atoms with Gasteiger partial charge in [0, 0.05) is 35.3 Å². The smallest absolute Gasteiger partial charge is 0.223 e. The Morgan fingerprint density at radius 3 is 1.89 bits per heavy atom. The van der Waals surface area contributed by atoms with Crippen LogP contribution < -0.4 is 15.7 Å². The van der Waals surface area contributed by atoms with E-state index in [2.05, 4.69) is 10.6 Å². The Bertz CT molecular complexity index is 656. The van der Waals surface area contributed by atoms with Gasteiger partial charge in [0.05, 0.1) is 15.9 Å². The zero-order valence-electron chi connectivity index (χ0n) is 16.7. The number of carboxylic acids is 1. The first kappa shape index (κ1) is 25.3. The summed E-state index contributed by atoms with van der Waals surface area (Å²) < 4.78 is 32.7. The van der Waals surface area contributed by atoms with Crippen LogP contribution in [0.25, 0.3) is 0 Å². The number of carbonyl (C=O) groups is 3. The SMILES string of the molecule is CCC(CC(C)C(=O)NC(C)(C)CS(=O)(=O)[O-])C(=O)NC(C)(C)CC(=O)[O-]. The van der Waals surface area contributed by atoms with Crippen molar-refractivity contribution >= 4 is 27.9 Å². The summed E-state index contributed by atoms with van der Waals surface area (Å²) in [5, 5.41) is 15.9. The van der Waals surface area contributed by atoms with E-state index in [1.807, 2.05) is 0 Å². The van der Waals surface area contributed by atoms with Gasteiger partial charge in [-0.3, -0.25) is 9.59 Å². The number of hydrogen-bond acceptors (Lipinski definition) is 7. The maximum absolute atomic E-state index is 12.4. The Kier molecular flexibility index (Phi) is 8.91. The largest absolute Gasteiger partial charge is 0.748 e. The third-order valence-corrected chi connectivity index (χ3v) is 5.07. The number of nitrogens with one attached hydrogen (secondary N) is 2. The third kappa shape index (κ3) is 10.9. The molecule has 0 aromatic rings. The van der Waals surface area contributed by atoms with Gasteiger partial charge in [-0.2, -0.15) is 0 Å². The van der Waals surface area contributed by atoms with Crippen molar-refractivity contribution in [3.63, 3.8) is 0 Å². The Hall–Kier alpha value is -1.68. The van der Waals surface area contributed by atoms with Crippen molar-refractivity contribution in [3.05, 3.63) is 0 Å². The lowest BCUT2D eigenvalue weighted by atomic mass is 9.90. The predicted octanol–water partition coefficient (Wildman–Crippen LogP) is -0.486. The Balaban J connectivity index is 4.92. The first-order valence-corrected chi connectivity index (χ1v) is 10.3. The molecule has 0 aromatic carbocycles. The van der Waals surface area contributed by atoms with Gasteiger partial charge in [-0.05, 0) is 40.5 Å². The molecule has 2 amide bonds. The molecule has 0 heterocycles. The lowest BCUT2D eigenvalue weighted by Gasteiger charge is -2.31. The molecule has 0 aliphatic carbocycles. The van der Waals surface area contributed by atoms with Gasteiger partial charge in [0.15, 0.2) is 0 Å². The first-order valence-electron chi connectivity index (χ1n) is 8.75. The lowest BCUT2D eigenvalue weighted by Crippen LogP contribution is -2.51. The maximum atomic E-state index is 12.4. The number of hydrogen-bond donors (Lipinski definition) is 2. The van der Waals surface area contributed by atoms with E-state index >= 15 is 0 Å². The molecule has 0 aliphatic rings. The van der Waals surface area contributed by atoms with Crippen LogP contribution in [0, 0.1) is 11.8 Å². The molecule has 2 N–H and O–H groups in total. The fourth-order valence-electron chi connectivity index (χ4n) is 2.77. The Morgan fingerprint density at radius 2 is 1.48 bits per heavy atom. The minimum atomic E-state index is -4.51. The number of amides is 2. The molecule has 0 rings (SSSR count). The van der Waals surface area contributed by atoms with Crippen molar-refractivity contribution in [2.24, 2.45) is 11.8 Å². The molecule has 27 heavy (non-hydrogen) atoms. The Morgan fingerprint density at radius 1 is 1.00 bits per heavy atom. The summed E-state index contributed by atoms with van der Waals surface area (Å²) in [7, 11) is -4.51. The van der Waals surface area contributed by atoms with E-state index in [0.717, 1.165) is 0 Å². The molecule has 0 saturated heterocycles. The summed E-state index contributed by atoms with van der Waals surface area (Å²) >= 11 is 0. The normalized spacial score (nSPS) is 14.9. The highest BCUT2D eigenvalue weighted by molar-refractivity contribution is 7.85. The van der Waals surface area contributed by atoms with Crippen LogP contribution in [0.3, 0.4) is 0 Å². The molecule has 0 saturated carbocycles. The molecule has 2 atom stereocenters. The highest BCUT2D eigenvalue weighted by atomic mass is 32.2. The number of aliphatic carboxylic acids is 1. The average Bonchev–Trinajstić information content (AvgIpc) is 2.38. The van der Waals surface area contributed by atoms with Crippen LogP contribution in [-0.4, -0.2) is 47.6 Å². The average molecular weight is 407 g/mol. The third-order valence-electron chi connectivity index (χ3n) is 4.00. The van der Waals surface area contributed by atoms with E-state index in [1.54, 1.807) is 27.7 Å². The van der Waals surface area contributed by atoms with Crippen LogP contribution in [0.4, 0.5) is 0 Å². The standard InChI is InChI=1S/C17H32N2O7S/c1-7-12(15(23)19-16(3,4)9-13(20)21)8-11(2)14(22)18-17(5,6)10-27(24,25)26/h11-12H,7-10H2,1-6H3,(H,18,22)(H,19,23)(H,20,21)(H,24,25,26)/p-2. The van der Waals surface area contributed by atoms with Gasteiger partial charge in [0.2, 0.25) is 11.8 Å². The van der Waals surface area contributed by atoms with Crippen molar-refractivity contribution in [1.29, 1.82) is 0 Å². The minimum Gasteiger partial charge on any atom is -0.748 e. The van der Waals surface area contributed by atoms with E-state index < -0.39 is 50.7 Å². The van der Waals surface area contributed by atoms with Crippen LogP contribution in [0.15, 0.2) is 0 Å². The summed E-state index contributed by atoms with van der Waals surface area (Å²) in [6.07, 6.45) is 0.280. The highest BCUT2D eigenvalue weighted by Crippen LogP contribution is 2.19. The number of rotatable bonds is 11. The summed E-state index contributed by atoms with van der Waals surface area (Å²) in [6.45, 7) is 9.36. The maximum Gasteiger partial charge on any atom is 0.223 e. The van der Waals surface area contributed by atoms with Crippen molar-refractivity contribution < 1.29 is 32.5 Å². The molecule has 10 heteroatoms. The minimum absolute atomic E-state index is 0.190. The van der Waals surface area contributed by atoms with E-state index in [0.29, 0.717) is 6.42 Å². The van der Waals surface area contributed by atoms with E-state index in [1.165, 1.54) is 13.8 Å². The molecule has 0 spiro atoms. The second-order valence-corrected chi connectivity index (χ2v) is 9.64. The zero-order valence-corrected chi connectivity index (χ0v) is 17.6. The summed E-state index contributed by atoms with van der Waals surface area (Å²) in [6, 6.07) is 0. The molecule has 2 unspecified atom stereocenters. The summed E-state index contributed by atoms with van der Waals surface area (Å²) in [5.74, 6) is -4.00. The van der Waals surface area contributed by atoms with E-state index in [9.17, 15) is 32.5 Å². The molecule has 0 fully saturated rings. The van der Waals surface area contributed by atoms with Gasteiger partial charge in [-0.25, -0.2) is 8.42 Å². The topological polar surface area (TPSA) is 156 Å². The molecule has 9 nitrogen and oxygen atoms in total. The van der Waals surface area contributed by atoms with Crippen molar-refractivity contribution in [2.45, 2.75) is 71.9 Å². The second kappa shape index (κ2) is 9.50. The zero-order chi connectivity index (χ0) is 21.6. The monoisotopic (exact) mass is 406 g/mol. The predicted molar refractivity (Wildman–Crippen MR) is 96.2 cm³/mol. The first-order chi connectivity index (χ1) is 12.0. The molecule has 158 valence electrons. The van der Waals surface area contributed by atoms with Gasteiger partial charge in [0.1, 0.15) is 0 Å². The quantitative estimate of drug-likeness (QED) is 0.439. The number of carboxylic acid groups (broad SMARTS) is 1. The fraction of sp³-hybridized carbons (Fsp3) is 0.824.